The van der Waals surface area contributed by atoms with Crippen molar-refractivity contribution >= 4 is 35.8 Å². The lowest BCUT2D eigenvalue weighted by atomic mass is 10.2. The minimum absolute atomic E-state index is 0.171. The SMILES string of the molecule is C[C@H](N)C(=O)N[C@@H](C)C(=O)N[C@@H](C)C(=O)NCC(=O)N[C@@H](C)C(=O)NCC=O. The van der Waals surface area contributed by atoms with Crippen LogP contribution in [-0.4, -0.2) is 73.1 Å². The first-order valence-corrected chi connectivity index (χ1v) is 8.64. The Kier molecular flexibility index (Phi) is 11.0. The number of nitrogens with one attached hydrogen (secondary N) is 5. The smallest absolute Gasteiger partial charge is 0.242 e. The summed E-state index contributed by atoms with van der Waals surface area (Å²) in [6.45, 7) is 5.14. The molecule has 0 aromatic heterocycles. The summed E-state index contributed by atoms with van der Waals surface area (Å²) in [6.07, 6.45) is 0.505. The summed E-state index contributed by atoms with van der Waals surface area (Å²) in [5.41, 5.74) is 5.39. The molecule has 12 heteroatoms. The largest absolute Gasteiger partial charge is 0.348 e. The van der Waals surface area contributed by atoms with Crippen LogP contribution in [0.3, 0.4) is 0 Å². The molecular formula is C16H28N6O6. The summed E-state index contributed by atoms with van der Waals surface area (Å²) < 4.78 is 0. The maximum Gasteiger partial charge on any atom is 0.242 e. The van der Waals surface area contributed by atoms with Crippen LogP contribution in [0.1, 0.15) is 27.7 Å². The molecule has 0 aliphatic carbocycles. The number of nitrogens with two attached hydrogens (primary N) is 1. The molecule has 0 aromatic rings. The molecule has 0 aromatic carbocycles. The van der Waals surface area contributed by atoms with Gasteiger partial charge in [-0.25, -0.2) is 0 Å². The van der Waals surface area contributed by atoms with E-state index in [4.69, 9.17) is 5.73 Å². The second-order valence-corrected chi connectivity index (χ2v) is 6.17. The van der Waals surface area contributed by atoms with Crippen LogP contribution >= 0.6 is 0 Å². The van der Waals surface area contributed by atoms with Crippen molar-refractivity contribution < 1.29 is 28.8 Å². The van der Waals surface area contributed by atoms with Gasteiger partial charge in [0.1, 0.15) is 24.4 Å². The van der Waals surface area contributed by atoms with E-state index in [9.17, 15) is 28.8 Å². The molecule has 0 aliphatic heterocycles. The highest BCUT2D eigenvalue weighted by Gasteiger charge is 2.22. The van der Waals surface area contributed by atoms with E-state index in [1.165, 1.54) is 27.7 Å². The summed E-state index contributed by atoms with van der Waals surface area (Å²) in [5.74, 6) is -2.91. The van der Waals surface area contributed by atoms with E-state index in [0.29, 0.717) is 6.29 Å². The average Bonchev–Trinajstić information content (AvgIpc) is 2.63. The third-order valence-electron chi connectivity index (χ3n) is 3.47. The van der Waals surface area contributed by atoms with Crippen LogP contribution in [0.2, 0.25) is 0 Å². The van der Waals surface area contributed by atoms with Gasteiger partial charge in [-0.1, -0.05) is 0 Å². The van der Waals surface area contributed by atoms with Crippen LogP contribution in [0.15, 0.2) is 0 Å². The number of hydrogen-bond donors (Lipinski definition) is 6. The lowest BCUT2D eigenvalue weighted by Gasteiger charge is -2.19. The fourth-order valence-electron chi connectivity index (χ4n) is 1.79. The third kappa shape index (κ3) is 9.62. The molecule has 0 heterocycles. The molecule has 4 atom stereocenters. The molecule has 0 bridgehead atoms. The van der Waals surface area contributed by atoms with Crippen molar-refractivity contribution in [1.29, 1.82) is 0 Å². The lowest BCUT2D eigenvalue weighted by molar-refractivity contribution is -0.132. The molecule has 0 unspecified atom stereocenters. The first kappa shape index (κ1) is 25.0. The van der Waals surface area contributed by atoms with Crippen LogP contribution in [0.5, 0.6) is 0 Å². The predicted octanol–water partition coefficient (Wildman–Crippen LogP) is -3.72. The zero-order valence-electron chi connectivity index (χ0n) is 16.3. The van der Waals surface area contributed by atoms with E-state index in [0.717, 1.165) is 0 Å². The molecular weight excluding hydrogens is 372 g/mol. The molecule has 158 valence electrons. The van der Waals surface area contributed by atoms with Crippen molar-refractivity contribution in [2.45, 2.75) is 51.9 Å². The molecule has 7 N–H and O–H groups in total. The standard InChI is InChI=1S/C16H28N6O6/c1-8(17)13(25)21-11(4)16(28)22-10(3)15(27)19-7-12(24)20-9(2)14(26)18-5-6-23/h6,8-11H,5,7,17H2,1-4H3,(H,18,26)(H,19,27)(H,20,24)(H,21,25)(H,22,28)/t8-,9-,10-,11-/m0/s1. The van der Waals surface area contributed by atoms with Crippen molar-refractivity contribution in [3.8, 4) is 0 Å². The summed E-state index contributed by atoms with van der Waals surface area (Å²) >= 11 is 0. The van der Waals surface area contributed by atoms with Gasteiger partial charge in [0.15, 0.2) is 0 Å². The number of hydrogen-bond acceptors (Lipinski definition) is 7. The normalized spacial score (nSPS) is 14.5. The monoisotopic (exact) mass is 400 g/mol. The Morgan fingerprint density at radius 1 is 0.750 bits per heavy atom. The average molecular weight is 400 g/mol. The molecule has 0 fully saturated rings. The predicted molar refractivity (Wildman–Crippen MR) is 98.5 cm³/mol. The zero-order chi connectivity index (χ0) is 21.9. The van der Waals surface area contributed by atoms with Crippen LogP contribution in [0, 0.1) is 0 Å². The topological polar surface area (TPSA) is 189 Å². The first-order valence-electron chi connectivity index (χ1n) is 8.64. The summed E-state index contributed by atoms with van der Waals surface area (Å²) in [6, 6.07) is -3.54. The minimum atomic E-state index is -0.969. The van der Waals surface area contributed by atoms with Gasteiger partial charge in [0.2, 0.25) is 29.5 Å². The van der Waals surface area contributed by atoms with Crippen LogP contribution in [-0.2, 0) is 28.8 Å². The maximum atomic E-state index is 12.0. The molecule has 0 aliphatic rings. The number of aldehydes is 1. The van der Waals surface area contributed by atoms with E-state index in [1.807, 2.05) is 0 Å². The fourth-order valence-corrected chi connectivity index (χ4v) is 1.79. The number of amides is 5. The van der Waals surface area contributed by atoms with Crippen molar-refractivity contribution in [3.63, 3.8) is 0 Å². The van der Waals surface area contributed by atoms with Gasteiger partial charge in [0.25, 0.3) is 0 Å². The minimum Gasteiger partial charge on any atom is -0.348 e. The van der Waals surface area contributed by atoms with E-state index in [1.54, 1.807) is 0 Å². The Hall–Kier alpha value is -3.02. The highest BCUT2D eigenvalue weighted by molar-refractivity contribution is 5.94. The second kappa shape index (κ2) is 12.4. The van der Waals surface area contributed by atoms with E-state index >= 15 is 0 Å². The van der Waals surface area contributed by atoms with E-state index in [2.05, 4.69) is 26.6 Å². The quantitative estimate of drug-likeness (QED) is 0.192. The highest BCUT2D eigenvalue weighted by atomic mass is 16.2. The van der Waals surface area contributed by atoms with E-state index < -0.39 is 60.2 Å². The van der Waals surface area contributed by atoms with Crippen molar-refractivity contribution in [3.05, 3.63) is 0 Å². The molecule has 0 saturated heterocycles. The molecule has 12 nitrogen and oxygen atoms in total. The van der Waals surface area contributed by atoms with Gasteiger partial charge in [-0.3, -0.25) is 24.0 Å². The summed E-state index contributed by atoms with van der Waals surface area (Å²) in [7, 11) is 0. The molecule has 0 saturated carbocycles. The Morgan fingerprint density at radius 2 is 1.21 bits per heavy atom. The number of carbonyl (C=O) groups excluding carboxylic acids is 6. The molecule has 0 rings (SSSR count). The fraction of sp³-hybridized carbons (Fsp3) is 0.625. The highest BCUT2D eigenvalue weighted by Crippen LogP contribution is 1.89. The number of carbonyl (C=O) groups is 6. The third-order valence-corrected chi connectivity index (χ3v) is 3.47. The van der Waals surface area contributed by atoms with Gasteiger partial charge in [0.05, 0.1) is 19.1 Å². The Balaban J connectivity index is 4.35. The van der Waals surface area contributed by atoms with E-state index in [-0.39, 0.29) is 6.54 Å². The van der Waals surface area contributed by atoms with Gasteiger partial charge in [-0.2, -0.15) is 0 Å². The van der Waals surface area contributed by atoms with Gasteiger partial charge >= 0.3 is 0 Å². The molecule has 0 spiro atoms. The lowest BCUT2D eigenvalue weighted by Crippen LogP contribution is -2.54. The Bertz CT molecular complexity index is 608. The van der Waals surface area contributed by atoms with Gasteiger partial charge in [-0.15, -0.1) is 0 Å². The second-order valence-electron chi connectivity index (χ2n) is 6.17. The van der Waals surface area contributed by atoms with Gasteiger partial charge < -0.3 is 37.1 Å². The van der Waals surface area contributed by atoms with Crippen LogP contribution < -0.4 is 32.3 Å². The van der Waals surface area contributed by atoms with Crippen LogP contribution in [0.4, 0.5) is 0 Å². The Morgan fingerprint density at radius 3 is 1.75 bits per heavy atom. The molecule has 5 amide bonds. The number of rotatable bonds is 11. The molecule has 0 radical (unpaired) electrons. The van der Waals surface area contributed by atoms with Crippen LogP contribution in [0.25, 0.3) is 0 Å². The van der Waals surface area contributed by atoms with Crippen molar-refractivity contribution in [2.24, 2.45) is 5.73 Å². The summed E-state index contributed by atoms with van der Waals surface area (Å²) in [5, 5.41) is 11.7. The molecule has 28 heavy (non-hydrogen) atoms. The summed E-state index contributed by atoms with van der Waals surface area (Å²) in [4.78, 5) is 68.9. The maximum absolute atomic E-state index is 12.0. The Labute approximate surface area is 162 Å². The van der Waals surface area contributed by atoms with Gasteiger partial charge in [0, 0.05) is 0 Å². The van der Waals surface area contributed by atoms with Gasteiger partial charge in [-0.05, 0) is 27.7 Å². The zero-order valence-corrected chi connectivity index (χ0v) is 16.3. The van der Waals surface area contributed by atoms with Crippen molar-refractivity contribution in [1.82, 2.24) is 26.6 Å². The first-order chi connectivity index (χ1) is 13.0. The van der Waals surface area contributed by atoms with Crippen molar-refractivity contribution in [2.75, 3.05) is 13.1 Å².